The lowest BCUT2D eigenvalue weighted by atomic mass is 9.75. The maximum Gasteiger partial charge on any atom is 0.475 e. The molecule has 2 atom stereocenters. The molecule has 0 spiro atoms. The monoisotopic (exact) mass is 494 g/mol. The van der Waals surface area contributed by atoms with Crippen LogP contribution in [-0.4, -0.2) is 41.0 Å². The molecule has 0 heterocycles. The van der Waals surface area contributed by atoms with Gasteiger partial charge in [-0.3, -0.25) is 9.59 Å². The van der Waals surface area contributed by atoms with Crippen molar-refractivity contribution in [3.8, 4) is 0 Å². The number of halogens is 2. The topological polar surface area (TPSA) is 98.7 Å². The largest absolute Gasteiger partial charge is 0.475 e. The van der Waals surface area contributed by atoms with Gasteiger partial charge in [0.1, 0.15) is 6.04 Å². The van der Waals surface area contributed by atoms with Crippen molar-refractivity contribution in [1.29, 1.82) is 0 Å². The molecular formula is C21H25BBrClN2O4. The molecule has 30 heavy (non-hydrogen) atoms. The van der Waals surface area contributed by atoms with E-state index in [-0.39, 0.29) is 12.3 Å². The van der Waals surface area contributed by atoms with E-state index in [0.29, 0.717) is 21.5 Å². The Kier molecular flexibility index (Phi) is 9.36. The number of carbonyl (C=O) groups excluding carboxylic acids is 2. The second-order valence-electron chi connectivity index (χ2n) is 7.50. The minimum Gasteiger partial charge on any atom is -0.426 e. The van der Waals surface area contributed by atoms with Gasteiger partial charge in [-0.2, -0.15) is 0 Å². The second-order valence-corrected chi connectivity index (χ2v) is 8.79. The van der Waals surface area contributed by atoms with Crippen LogP contribution in [0.5, 0.6) is 0 Å². The van der Waals surface area contributed by atoms with Gasteiger partial charge in [0.05, 0.1) is 11.5 Å². The summed E-state index contributed by atoms with van der Waals surface area (Å²) in [7, 11) is -1.70. The van der Waals surface area contributed by atoms with Crippen molar-refractivity contribution in [2.75, 3.05) is 0 Å². The van der Waals surface area contributed by atoms with E-state index in [9.17, 15) is 19.6 Å². The normalized spacial score (nSPS) is 12.9. The van der Waals surface area contributed by atoms with Gasteiger partial charge in [-0.05, 0) is 52.0 Å². The van der Waals surface area contributed by atoms with E-state index in [1.807, 2.05) is 44.2 Å². The maximum atomic E-state index is 13.0. The Bertz CT molecular complexity index is 867. The van der Waals surface area contributed by atoms with E-state index in [4.69, 9.17) is 11.6 Å². The summed E-state index contributed by atoms with van der Waals surface area (Å²) in [6.07, 6.45) is 0.627. The molecule has 0 radical (unpaired) electrons. The first kappa shape index (κ1) is 24.4. The van der Waals surface area contributed by atoms with E-state index in [2.05, 4.69) is 26.6 Å². The molecular weight excluding hydrogens is 470 g/mol. The van der Waals surface area contributed by atoms with E-state index in [0.717, 1.165) is 5.56 Å². The third-order valence-corrected chi connectivity index (χ3v) is 5.42. The molecule has 2 rings (SSSR count). The highest BCUT2D eigenvalue weighted by molar-refractivity contribution is 9.10. The zero-order chi connectivity index (χ0) is 22.3. The zero-order valence-corrected chi connectivity index (χ0v) is 19.2. The van der Waals surface area contributed by atoms with Gasteiger partial charge < -0.3 is 20.7 Å². The molecule has 4 N–H and O–H groups in total. The van der Waals surface area contributed by atoms with Gasteiger partial charge in [0.15, 0.2) is 0 Å². The molecule has 2 aromatic carbocycles. The Balaban J connectivity index is 2.24. The second kappa shape index (κ2) is 11.5. The van der Waals surface area contributed by atoms with Crippen LogP contribution in [0.2, 0.25) is 5.02 Å². The van der Waals surface area contributed by atoms with Gasteiger partial charge in [0.25, 0.3) is 5.91 Å². The van der Waals surface area contributed by atoms with Crippen LogP contribution in [0.25, 0.3) is 0 Å². The molecule has 0 saturated heterocycles. The SMILES string of the molecule is CC(C)C[C@H](NC(=O)[C@H](Cc1ccccc1)NC(=O)c1cc(Cl)ccc1Br)B(O)O. The summed E-state index contributed by atoms with van der Waals surface area (Å²) in [6, 6.07) is 13.2. The smallest absolute Gasteiger partial charge is 0.426 e. The van der Waals surface area contributed by atoms with Crippen molar-refractivity contribution in [2.45, 2.75) is 38.7 Å². The minimum absolute atomic E-state index is 0.140. The van der Waals surface area contributed by atoms with Crippen LogP contribution in [0.4, 0.5) is 0 Å². The molecule has 0 saturated carbocycles. The van der Waals surface area contributed by atoms with Crippen molar-refractivity contribution in [3.05, 3.63) is 69.2 Å². The highest BCUT2D eigenvalue weighted by atomic mass is 79.9. The molecule has 0 aliphatic heterocycles. The quantitative estimate of drug-likeness (QED) is 0.402. The molecule has 2 amide bonds. The lowest BCUT2D eigenvalue weighted by molar-refractivity contribution is -0.123. The number of benzene rings is 2. The Morgan fingerprint density at radius 3 is 2.37 bits per heavy atom. The number of rotatable bonds is 9. The number of amides is 2. The van der Waals surface area contributed by atoms with Gasteiger partial charge in [-0.1, -0.05) is 55.8 Å². The summed E-state index contributed by atoms with van der Waals surface area (Å²) in [5.74, 6) is -1.67. The molecule has 0 fully saturated rings. The predicted octanol–water partition coefficient (Wildman–Crippen LogP) is 2.99. The van der Waals surface area contributed by atoms with Crippen LogP contribution in [0.3, 0.4) is 0 Å². The van der Waals surface area contributed by atoms with Crippen molar-refractivity contribution in [1.82, 2.24) is 10.6 Å². The molecule has 2 aromatic rings. The van der Waals surface area contributed by atoms with E-state index < -0.39 is 30.9 Å². The minimum atomic E-state index is -1.70. The fourth-order valence-corrected chi connectivity index (χ4v) is 3.61. The number of carbonyl (C=O) groups is 2. The van der Waals surface area contributed by atoms with Crippen LogP contribution < -0.4 is 10.6 Å². The lowest BCUT2D eigenvalue weighted by Crippen LogP contribution is -2.55. The molecule has 0 aliphatic rings. The molecule has 0 bridgehead atoms. The number of hydrogen-bond donors (Lipinski definition) is 4. The Hall–Kier alpha value is -1.87. The lowest BCUT2D eigenvalue weighted by Gasteiger charge is -2.24. The molecule has 0 unspecified atom stereocenters. The Morgan fingerprint density at radius 2 is 1.77 bits per heavy atom. The van der Waals surface area contributed by atoms with Gasteiger partial charge >= 0.3 is 7.12 Å². The summed E-state index contributed by atoms with van der Waals surface area (Å²) in [5, 5.41) is 25.1. The van der Waals surface area contributed by atoms with E-state index >= 15 is 0 Å². The van der Waals surface area contributed by atoms with Crippen LogP contribution in [-0.2, 0) is 11.2 Å². The molecule has 0 aromatic heterocycles. The average molecular weight is 496 g/mol. The standard InChI is InChI=1S/C21H25BBrClN2O4/c1-13(2)10-19(22(29)30)26-21(28)18(11-14-6-4-3-5-7-14)25-20(27)16-12-15(24)8-9-17(16)23/h3-9,12-13,18-19,29-30H,10-11H2,1-2H3,(H,25,27)(H,26,28)/t18-,19-/m0/s1. The maximum absolute atomic E-state index is 13.0. The number of hydrogen-bond acceptors (Lipinski definition) is 4. The van der Waals surface area contributed by atoms with Crippen molar-refractivity contribution in [3.63, 3.8) is 0 Å². The fourth-order valence-electron chi connectivity index (χ4n) is 3.01. The summed E-state index contributed by atoms with van der Waals surface area (Å²) in [4.78, 5) is 25.8. The van der Waals surface area contributed by atoms with Crippen molar-refractivity contribution >= 4 is 46.5 Å². The van der Waals surface area contributed by atoms with Crippen molar-refractivity contribution in [2.24, 2.45) is 5.92 Å². The molecule has 0 aliphatic carbocycles. The average Bonchev–Trinajstić information content (AvgIpc) is 2.69. The van der Waals surface area contributed by atoms with Crippen LogP contribution in [0, 0.1) is 5.92 Å². The third kappa shape index (κ3) is 7.43. The molecule has 160 valence electrons. The first-order valence-corrected chi connectivity index (χ1v) is 10.8. The first-order valence-electron chi connectivity index (χ1n) is 9.63. The van der Waals surface area contributed by atoms with Gasteiger partial charge in [0.2, 0.25) is 5.91 Å². The Morgan fingerprint density at radius 1 is 1.10 bits per heavy atom. The summed E-state index contributed by atoms with van der Waals surface area (Å²) < 4.78 is 0.548. The number of nitrogens with one attached hydrogen (secondary N) is 2. The highest BCUT2D eigenvalue weighted by Crippen LogP contribution is 2.21. The van der Waals surface area contributed by atoms with Gasteiger partial charge in [-0.15, -0.1) is 0 Å². The van der Waals surface area contributed by atoms with E-state index in [1.165, 1.54) is 6.07 Å². The van der Waals surface area contributed by atoms with Crippen LogP contribution in [0.15, 0.2) is 53.0 Å². The molecule has 6 nitrogen and oxygen atoms in total. The predicted molar refractivity (Wildman–Crippen MR) is 122 cm³/mol. The fraction of sp³-hybridized carbons (Fsp3) is 0.333. The van der Waals surface area contributed by atoms with E-state index in [1.54, 1.807) is 12.1 Å². The zero-order valence-electron chi connectivity index (χ0n) is 16.8. The summed E-state index contributed by atoms with van der Waals surface area (Å²) >= 11 is 9.33. The van der Waals surface area contributed by atoms with Crippen molar-refractivity contribution < 1.29 is 19.6 Å². The van der Waals surface area contributed by atoms with Gasteiger partial charge in [0, 0.05) is 15.9 Å². The Labute approximate surface area is 190 Å². The first-order chi connectivity index (χ1) is 14.2. The summed E-state index contributed by atoms with van der Waals surface area (Å²) in [6.45, 7) is 3.84. The summed E-state index contributed by atoms with van der Waals surface area (Å²) in [5.41, 5.74) is 1.15. The third-order valence-electron chi connectivity index (χ3n) is 4.49. The van der Waals surface area contributed by atoms with Gasteiger partial charge in [-0.25, -0.2) is 0 Å². The highest BCUT2D eigenvalue weighted by Gasteiger charge is 2.30. The van der Waals surface area contributed by atoms with Crippen LogP contribution >= 0.6 is 27.5 Å². The molecule has 9 heteroatoms. The van der Waals surface area contributed by atoms with Crippen LogP contribution in [0.1, 0.15) is 36.2 Å².